The van der Waals surface area contributed by atoms with Crippen molar-refractivity contribution in [3.63, 3.8) is 0 Å². The molecule has 0 bridgehead atoms. The maximum absolute atomic E-state index is 5.70. The van der Waals surface area contributed by atoms with Gasteiger partial charge in [-0.25, -0.2) is 0 Å². The van der Waals surface area contributed by atoms with E-state index in [-0.39, 0.29) is 0 Å². The van der Waals surface area contributed by atoms with E-state index in [2.05, 4.69) is 30.4 Å². The number of ether oxygens (including phenoxy) is 2. The summed E-state index contributed by atoms with van der Waals surface area (Å²) in [4.78, 5) is 0. The van der Waals surface area contributed by atoms with Gasteiger partial charge >= 0.3 is 0 Å². The van der Waals surface area contributed by atoms with Crippen LogP contribution in [0.25, 0.3) is 0 Å². The van der Waals surface area contributed by atoms with Gasteiger partial charge in [0.1, 0.15) is 13.2 Å². The van der Waals surface area contributed by atoms with Gasteiger partial charge < -0.3 is 14.8 Å². The van der Waals surface area contributed by atoms with Crippen molar-refractivity contribution in [3.8, 4) is 11.5 Å². The standard InChI is InChI=1S/C16H23NO2/c1-2-8-17-16(12-4-3-5-12)13-6-7-14-15(11-13)19-10-9-18-14/h6-7,11-12,16-17H,2-5,8-10H2,1H3. The fourth-order valence-corrected chi connectivity index (χ4v) is 2.88. The molecule has 0 spiro atoms. The summed E-state index contributed by atoms with van der Waals surface area (Å²) in [5.41, 5.74) is 1.35. The van der Waals surface area contributed by atoms with Gasteiger partial charge in [-0.15, -0.1) is 0 Å². The molecule has 0 saturated heterocycles. The molecule has 1 aromatic carbocycles. The van der Waals surface area contributed by atoms with Crippen LogP contribution in [-0.2, 0) is 0 Å². The van der Waals surface area contributed by atoms with E-state index in [1.54, 1.807) is 0 Å². The SMILES string of the molecule is CCCNC(c1ccc2c(c1)OCCO2)C1CCC1. The summed E-state index contributed by atoms with van der Waals surface area (Å²) in [5.74, 6) is 2.58. The summed E-state index contributed by atoms with van der Waals surface area (Å²) in [6, 6.07) is 6.90. The van der Waals surface area contributed by atoms with E-state index in [0.717, 1.165) is 24.0 Å². The summed E-state index contributed by atoms with van der Waals surface area (Å²) in [6.45, 7) is 4.61. The van der Waals surface area contributed by atoms with Crippen molar-refractivity contribution in [2.24, 2.45) is 5.92 Å². The van der Waals surface area contributed by atoms with E-state index in [0.29, 0.717) is 19.3 Å². The van der Waals surface area contributed by atoms with Crippen LogP contribution in [0.1, 0.15) is 44.2 Å². The molecule has 3 heteroatoms. The number of rotatable bonds is 5. The Bertz CT molecular complexity index is 429. The van der Waals surface area contributed by atoms with Crippen molar-refractivity contribution >= 4 is 0 Å². The third-order valence-electron chi connectivity index (χ3n) is 4.16. The first-order valence-electron chi connectivity index (χ1n) is 7.51. The van der Waals surface area contributed by atoms with Crippen molar-refractivity contribution in [2.45, 2.75) is 38.6 Å². The maximum atomic E-state index is 5.70. The predicted molar refractivity (Wildman–Crippen MR) is 75.8 cm³/mol. The molecule has 1 aromatic rings. The van der Waals surface area contributed by atoms with Gasteiger partial charge in [0.15, 0.2) is 11.5 Å². The Kier molecular flexibility index (Phi) is 3.92. The molecule has 104 valence electrons. The van der Waals surface area contributed by atoms with E-state index in [1.165, 1.54) is 31.2 Å². The number of benzene rings is 1. The highest BCUT2D eigenvalue weighted by Gasteiger charge is 2.28. The Morgan fingerprint density at radius 2 is 2.00 bits per heavy atom. The van der Waals surface area contributed by atoms with E-state index in [4.69, 9.17) is 9.47 Å². The Balaban J connectivity index is 1.80. The first kappa shape index (κ1) is 12.8. The van der Waals surface area contributed by atoms with Gasteiger partial charge in [-0.1, -0.05) is 19.4 Å². The third kappa shape index (κ3) is 2.71. The van der Waals surface area contributed by atoms with Crippen molar-refractivity contribution in [1.82, 2.24) is 5.32 Å². The molecular weight excluding hydrogens is 238 g/mol. The Morgan fingerprint density at radius 3 is 2.68 bits per heavy atom. The molecule has 1 heterocycles. The largest absolute Gasteiger partial charge is 0.486 e. The molecule has 3 nitrogen and oxygen atoms in total. The average molecular weight is 261 g/mol. The van der Waals surface area contributed by atoms with E-state index in [1.807, 2.05) is 0 Å². The van der Waals surface area contributed by atoms with Crippen molar-refractivity contribution < 1.29 is 9.47 Å². The van der Waals surface area contributed by atoms with Crippen LogP contribution in [0.2, 0.25) is 0 Å². The lowest BCUT2D eigenvalue weighted by molar-refractivity contribution is 0.170. The van der Waals surface area contributed by atoms with Gasteiger partial charge in [-0.2, -0.15) is 0 Å². The molecule has 0 aromatic heterocycles. The van der Waals surface area contributed by atoms with Gasteiger partial charge in [0.2, 0.25) is 0 Å². The molecule has 0 amide bonds. The molecule has 1 aliphatic heterocycles. The second-order valence-electron chi connectivity index (χ2n) is 5.53. The zero-order chi connectivity index (χ0) is 13.1. The minimum atomic E-state index is 0.476. The second-order valence-corrected chi connectivity index (χ2v) is 5.53. The number of fused-ring (bicyclic) bond motifs is 1. The lowest BCUT2D eigenvalue weighted by Crippen LogP contribution is -2.32. The lowest BCUT2D eigenvalue weighted by Gasteiger charge is -2.35. The van der Waals surface area contributed by atoms with Gasteiger partial charge in [0.25, 0.3) is 0 Å². The molecule has 1 N–H and O–H groups in total. The highest BCUT2D eigenvalue weighted by atomic mass is 16.6. The highest BCUT2D eigenvalue weighted by Crippen LogP contribution is 2.40. The Morgan fingerprint density at radius 1 is 1.21 bits per heavy atom. The van der Waals surface area contributed by atoms with E-state index < -0.39 is 0 Å². The third-order valence-corrected chi connectivity index (χ3v) is 4.16. The van der Waals surface area contributed by atoms with Crippen LogP contribution >= 0.6 is 0 Å². The second kappa shape index (κ2) is 5.83. The molecule has 3 rings (SSSR count). The first-order valence-corrected chi connectivity index (χ1v) is 7.51. The molecule has 2 aliphatic rings. The van der Waals surface area contributed by atoms with E-state index in [9.17, 15) is 0 Å². The zero-order valence-electron chi connectivity index (χ0n) is 11.7. The van der Waals surface area contributed by atoms with Crippen LogP contribution in [0.15, 0.2) is 18.2 Å². The number of nitrogens with one attached hydrogen (secondary N) is 1. The lowest BCUT2D eigenvalue weighted by atomic mass is 9.77. The molecule has 1 unspecified atom stereocenters. The van der Waals surface area contributed by atoms with Crippen molar-refractivity contribution in [1.29, 1.82) is 0 Å². The average Bonchev–Trinajstić information content (AvgIpc) is 2.40. The van der Waals surface area contributed by atoms with Gasteiger partial charge in [0.05, 0.1) is 0 Å². The first-order chi connectivity index (χ1) is 9.38. The van der Waals surface area contributed by atoms with Gasteiger partial charge in [-0.05, 0) is 49.4 Å². The van der Waals surface area contributed by atoms with Crippen LogP contribution in [-0.4, -0.2) is 19.8 Å². The Labute approximate surface area is 115 Å². The molecule has 19 heavy (non-hydrogen) atoms. The van der Waals surface area contributed by atoms with Crippen LogP contribution in [0.3, 0.4) is 0 Å². The van der Waals surface area contributed by atoms with Gasteiger partial charge in [-0.3, -0.25) is 0 Å². The van der Waals surface area contributed by atoms with Crippen LogP contribution in [0.4, 0.5) is 0 Å². The van der Waals surface area contributed by atoms with Crippen LogP contribution < -0.4 is 14.8 Å². The number of hydrogen-bond donors (Lipinski definition) is 1. The summed E-state index contributed by atoms with van der Waals surface area (Å²) >= 11 is 0. The maximum Gasteiger partial charge on any atom is 0.161 e. The smallest absolute Gasteiger partial charge is 0.161 e. The minimum absolute atomic E-state index is 0.476. The highest BCUT2D eigenvalue weighted by molar-refractivity contribution is 5.44. The summed E-state index contributed by atoms with van der Waals surface area (Å²) in [6.07, 6.45) is 5.24. The fourth-order valence-electron chi connectivity index (χ4n) is 2.88. The molecule has 0 radical (unpaired) electrons. The topological polar surface area (TPSA) is 30.5 Å². The molecular formula is C16H23NO2. The number of hydrogen-bond acceptors (Lipinski definition) is 3. The predicted octanol–water partition coefficient (Wildman–Crippen LogP) is 3.30. The summed E-state index contributed by atoms with van der Waals surface area (Å²) < 4.78 is 11.3. The van der Waals surface area contributed by atoms with Crippen molar-refractivity contribution in [3.05, 3.63) is 23.8 Å². The summed E-state index contributed by atoms with van der Waals surface area (Å²) in [5, 5.41) is 3.70. The van der Waals surface area contributed by atoms with E-state index >= 15 is 0 Å². The molecule has 1 saturated carbocycles. The van der Waals surface area contributed by atoms with Crippen LogP contribution in [0.5, 0.6) is 11.5 Å². The fraction of sp³-hybridized carbons (Fsp3) is 0.625. The molecule has 1 fully saturated rings. The quantitative estimate of drug-likeness (QED) is 0.882. The minimum Gasteiger partial charge on any atom is -0.486 e. The van der Waals surface area contributed by atoms with Crippen molar-refractivity contribution in [2.75, 3.05) is 19.8 Å². The summed E-state index contributed by atoms with van der Waals surface area (Å²) in [7, 11) is 0. The Hall–Kier alpha value is -1.22. The molecule has 1 aliphatic carbocycles. The van der Waals surface area contributed by atoms with Crippen LogP contribution in [0, 0.1) is 5.92 Å². The monoisotopic (exact) mass is 261 g/mol. The zero-order valence-corrected chi connectivity index (χ0v) is 11.7. The van der Waals surface area contributed by atoms with Gasteiger partial charge in [0, 0.05) is 6.04 Å². The molecule has 1 atom stereocenters. The normalized spacial score (nSPS) is 19.8.